The molecule has 80 valence electrons. The van der Waals surface area contributed by atoms with Gasteiger partial charge in [0.15, 0.2) is 5.78 Å². The molecule has 4 heteroatoms. The Hall–Kier alpha value is -0.865. The van der Waals surface area contributed by atoms with Crippen LogP contribution in [0.3, 0.4) is 0 Å². The van der Waals surface area contributed by atoms with Gasteiger partial charge >= 0.3 is 7.05 Å². The SMILES string of the molecule is CCC(=O)C1=CCC2C=CC1N2B(C)O. The predicted molar refractivity (Wildman–Crippen MR) is 60.4 cm³/mol. The van der Waals surface area contributed by atoms with Crippen LogP contribution < -0.4 is 0 Å². The lowest BCUT2D eigenvalue weighted by molar-refractivity contribution is -0.115. The van der Waals surface area contributed by atoms with Gasteiger partial charge in [-0.15, -0.1) is 0 Å². The van der Waals surface area contributed by atoms with Gasteiger partial charge in [0.2, 0.25) is 0 Å². The van der Waals surface area contributed by atoms with E-state index in [1.54, 1.807) is 6.82 Å². The zero-order valence-electron chi connectivity index (χ0n) is 9.18. The fourth-order valence-corrected chi connectivity index (χ4v) is 2.46. The van der Waals surface area contributed by atoms with Crippen LogP contribution >= 0.6 is 0 Å². The Morgan fingerprint density at radius 1 is 1.67 bits per heavy atom. The first kappa shape index (κ1) is 10.6. The van der Waals surface area contributed by atoms with Crippen LogP contribution in [-0.2, 0) is 4.79 Å². The minimum absolute atomic E-state index is 0.00352. The molecule has 2 rings (SSSR count). The molecule has 0 radical (unpaired) electrons. The summed E-state index contributed by atoms with van der Waals surface area (Å²) in [4.78, 5) is 13.7. The van der Waals surface area contributed by atoms with Gasteiger partial charge < -0.3 is 9.83 Å². The van der Waals surface area contributed by atoms with E-state index in [1.165, 1.54) is 0 Å². The van der Waals surface area contributed by atoms with Crippen molar-refractivity contribution in [3.05, 3.63) is 23.8 Å². The molecule has 2 bridgehead atoms. The smallest absolute Gasteiger partial charge is 0.377 e. The summed E-state index contributed by atoms with van der Waals surface area (Å²) in [5.41, 5.74) is 0.850. The van der Waals surface area contributed by atoms with Crippen LogP contribution in [0.5, 0.6) is 0 Å². The molecule has 0 aromatic carbocycles. The van der Waals surface area contributed by atoms with Crippen molar-refractivity contribution in [1.29, 1.82) is 0 Å². The fraction of sp³-hybridized carbons (Fsp3) is 0.545. The molecule has 1 N–H and O–H groups in total. The van der Waals surface area contributed by atoms with Crippen molar-refractivity contribution in [2.45, 2.75) is 38.7 Å². The van der Waals surface area contributed by atoms with Crippen molar-refractivity contribution in [3.8, 4) is 0 Å². The van der Waals surface area contributed by atoms with E-state index in [0.29, 0.717) is 6.42 Å². The van der Waals surface area contributed by atoms with Gasteiger partial charge in [0.05, 0.1) is 0 Å². The Morgan fingerprint density at radius 2 is 2.40 bits per heavy atom. The van der Waals surface area contributed by atoms with Crippen LogP contribution in [-0.4, -0.2) is 34.8 Å². The first-order valence-corrected chi connectivity index (χ1v) is 5.52. The summed E-state index contributed by atoms with van der Waals surface area (Å²) in [6.45, 7) is 3.63. The molecule has 0 aliphatic carbocycles. The number of hydrogen-bond donors (Lipinski definition) is 1. The number of fused-ring (bicyclic) bond motifs is 2. The molecule has 0 aromatic heterocycles. The molecule has 2 heterocycles. The fourth-order valence-electron chi connectivity index (χ4n) is 2.46. The standard InChI is InChI=1S/C11H16BNO2/c1-3-11(14)9-6-4-8-5-7-10(9)13(8)12(2)15/h5-8,10,15H,3-4H2,1-2H3. The van der Waals surface area contributed by atoms with Crippen LogP contribution in [0.1, 0.15) is 19.8 Å². The number of ketones is 1. The van der Waals surface area contributed by atoms with E-state index in [-0.39, 0.29) is 17.9 Å². The number of rotatable bonds is 3. The maximum atomic E-state index is 11.7. The zero-order chi connectivity index (χ0) is 11.0. The largest absolute Gasteiger partial charge is 0.437 e. The van der Waals surface area contributed by atoms with Crippen molar-refractivity contribution in [2.24, 2.45) is 0 Å². The molecule has 0 saturated carbocycles. The van der Waals surface area contributed by atoms with Crippen LogP contribution in [0.15, 0.2) is 23.8 Å². The average molecular weight is 205 g/mol. The van der Waals surface area contributed by atoms with Crippen molar-refractivity contribution in [2.75, 3.05) is 0 Å². The van der Waals surface area contributed by atoms with Crippen LogP contribution in [0.2, 0.25) is 6.82 Å². The summed E-state index contributed by atoms with van der Waals surface area (Å²) >= 11 is 0. The second-order valence-corrected chi connectivity index (χ2v) is 4.15. The highest BCUT2D eigenvalue weighted by Crippen LogP contribution is 2.31. The highest BCUT2D eigenvalue weighted by Gasteiger charge is 2.39. The minimum atomic E-state index is -0.497. The summed E-state index contributed by atoms with van der Waals surface area (Å²) in [6.07, 6.45) is 7.51. The third-order valence-corrected chi connectivity index (χ3v) is 3.19. The van der Waals surface area contributed by atoms with E-state index >= 15 is 0 Å². The third kappa shape index (κ3) is 1.68. The van der Waals surface area contributed by atoms with Gasteiger partial charge in [-0.3, -0.25) is 4.79 Å². The number of hydrogen-bond acceptors (Lipinski definition) is 3. The summed E-state index contributed by atoms with van der Waals surface area (Å²) in [7, 11) is -0.497. The zero-order valence-corrected chi connectivity index (χ0v) is 9.18. The molecule has 2 aliphatic heterocycles. The van der Waals surface area contributed by atoms with Gasteiger partial charge in [0.1, 0.15) is 0 Å². The minimum Gasteiger partial charge on any atom is -0.437 e. The molecular formula is C11H16BNO2. The molecule has 2 aliphatic rings. The van der Waals surface area contributed by atoms with Gasteiger partial charge in [0, 0.05) is 24.1 Å². The molecule has 0 spiro atoms. The number of carbonyl (C=O) groups is 1. The topological polar surface area (TPSA) is 40.5 Å². The molecule has 0 aromatic rings. The van der Waals surface area contributed by atoms with Crippen molar-refractivity contribution < 1.29 is 9.82 Å². The number of nitrogens with zero attached hydrogens (tertiary/aromatic N) is 1. The Balaban J connectivity index is 2.26. The molecule has 15 heavy (non-hydrogen) atoms. The lowest BCUT2D eigenvalue weighted by Gasteiger charge is -2.35. The number of Topliss-reactive ketones (excluding diaryl/α,β-unsaturated/α-hetero) is 1. The molecule has 0 saturated heterocycles. The van der Waals surface area contributed by atoms with E-state index < -0.39 is 7.05 Å². The monoisotopic (exact) mass is 205 g/mol. The lowest BCUT2D eigenvalue weighted by Crippen LogP contribution is -2.50. The summed E-state index contributed by atoms with van der Waals surface area (Å²) in [5, 5.41) is 9.68. The molecule has 3 nitrogen and oxygen atoms in total. The van der Waals surface area contributed by atoms with E-state index in [4.69, 9.17) is 0 Å². The lowest BCUT2D eigenvalue weighted by atomic mass is 9.78. The van der Waals surface area contributed by atoms with E-state index in [2.05, 4.69) is 6.08 Å². The van der Waals surface area contributed by atoms with E-state index in [9.17, 15) is 9.82 Å². The summed E-state index contributed by atoms with van der Waals surface area (Å²) in [5.74, 6) is 0.190. The molecule has 0 amide bonds. The van der Waals surface area contributed by atoms with Crippen molar-refractivity contribution >= 4 is 12.8 Å². The van der Waals surface area contributed by atoms with Gasteiger partial charge in [-0.2, -0.15) is 0 Å². The third-order valence-electron chi connectivity index (χ3n) is 3.19. The first-order valence-electron chi connectivity index (χ1n) is 5.52. The van der Waals surface area contributed by atoms with Crippen LogP contribution in [0.4, 0.5) is 0 Å². The maximum Gasteiger partial charge on any atom is 0.377 e. The van der Waals surface area contributed by atoms with Gasteiger partial charge in [0.25, 0.3) is 0 Å². The molecule has 2 unspecified atom stereocenters. The Kier molecular flexibility index (Phi) is 2.80. The van der Waals surface area contributed by atoms with E-state index in [0.717, 1.165) is 12.0 Å². The Morgan fingerprint density at radius 3 is 3.00 bits per heavy atom. The van der Waals surface area contributed by atoms with Gasteiger partial charge in [-0.1, -0.05) is 25.2 Å². The second kappa shape index (κ2) is 3.95. The highest BCUT2D eigenvalue weighted by atomic mass is 16.2. The maximum absolute atomic E-state index is 11.7. The normalized spacial score (nSPS) is 29.1. The Bertz CT molecular complexity index is 335. The van der Waals surface area contributed by atoms with Crippen molar-refractivity contribution in [1.82, 2.24) is 4.81 Å². The van der Waals surface area contributed by atoms with Gasteiger partial charge in [-0.25, -0.2) is 0 Å². The second-order valence-electron chi connectivity index (χ2n) is 4.15. The predicted octanol–water partition coefficient (Wildman–Crippen LogP) is 1.01. The molecule has 0 fully saturated rings. The first-order chi connectivity index (χ1) is 7.15. The molecular weight excluding hydrogens is 189 g/mol. The van der Waals surface area contributed by atoms with Crippen LogP contribution in [0, 0.1) is 0 Å². The average Bonchev–Trinajstić information content (AvgIpc) is 2.52. The number of carbonyl (C=O) groups excluding carboxylic acids is 1. The summed E-state index contributed by atoms with van der Waals surface area (Å²) < 4.78 is 0. The summed E-state index contributed by atoms with van der Waals surface area (Å²) in [6, 6.07) is 0.264. The van der Waals surface area contributed by atoms with Crippen LogP contribution in [0.25, 0.3) is 0 Å². The van der Waals surface area contributed by atoms with Crippen molar-refractivity contribution in [3.63, 3.8) is 0 Å². The molecule has 2 atom stereocenters. The quantitative estimate of drug-likeness (QED) is 0.552. The highest BCUT2D eigenvalue weighted by molar-refractivity contribution is 6.46. The van der Waals surface area contributed by atoms with Gasteiger partial charge in [-0.05, 0) is 13.2 Å². The Labute approximate surface area is 90.6 Å². The van der Waals surface area contributed by atoms with E-state index in [1.807, 2.05) is 23.9 Å².